The van der Waals surface area contributed by atoms with E-state index < -0.39 is 0 Å². The van der Waals surface area contributed by atoms with E-state index in [1.54, 1.807) is 24.9 Å². The van der Waals surface area contributed by atoms with Crippen LogP contribution in [0.1, 0.15) is 24.4 Å². The number of aliphatic hydroxyl groups excluding tert-OH is 1. The Kier molecular flexibility index (Phi) is 5.63. The van der Waals surface area contributed by atoms with Crippen molar-refractivity contribution in [1.29, 1.82) is 0 Å². The van der Waals surface area contributed by atoms with Crippen molar-refractivity contribution in [2.24, 2.45) is 0 Å². The maximum atomic E-state index is 13.8. The minimum Gasteiger partial charge on any atom is -0.396 e. The molecule has 1 aliphatic heterocycles. The molecule has 0 aromatic heterocycles. The summed E-state index contributed by atoms with van der Waals surface area (Å²) in [7, 11) is 1.65. The van der Waals surface area contributed by atoms with Gasteiger partial charge in [0, 0.05) is 30.7 Å². The van der Waals surface area contributed by atoms with E-state index in [0.29, 0.717) is 13.0 Å². The van der Waals surface area contributed by atoms with Crippen LogP contribution in [0.5, 0.6) is 0 Å². The summed E-state index contributed by atoms with van der Waals surface area (Å²) < 4.78 is 18.9. The molecule has 5 heteroatoms. The zero-order chi connectivity index (χ0) is 13.7. The van der Waals surface area contributed by atoms with Gasteiger partial charge < -0.3 is 15.2 Å². The van der Waals surface area contributed by atoms with E-state index in [2.05, 4.69) is 5.32 Å². The Labute approximate surface area is 117 Å². The highest BCUT2D eigenvalue weighted by molar-refractivity contribution is 7.99. The Balaban J connectivity index is 2.12. The van der Waals surface area contributed by atoms with Crippen molar-refractivity contribution < 1.29 is 14.2 Å². The molecule has 0 aliphatic carbocycles. The van der Waals surface area contributed by atoms with Crippen LogP contribution in [0.3, 0.4) is 0 Å². The molecule has 2 unspecified atom stereocenters. The number of hydrogen-bond acceptors (Lipinski definition) is 4. The first-order chi connectivity index (χ1) is 9.26. The number of ether oxygens (including phenoxy) is 1. The number of hydrogen-bond donors (Lipinski definition) is 2. The number of nitrogens with one attached hydrogen (secondary N) is 1. The molecule has 2 N–H and O–H groups in total. The van der Waals surface area contributed by atoms with Gasteiger partial charge in [0.25, 0.3) is 0 Å². The van der Waals surface area contributed by atoms with Crippen molar-refractivity contribution in [1.82, 2.24) is 5.32 Å². The molecule has 106 valence electrons. The zero-order valence-electron chi connectivity index (χ0n) is 11.1. The molecule has 1 aromatic carbocycles. The highest BCUT2D eigenvalue weighted by atomic mass is 32.2. The van der Waals surface area contributed by atoms with Gasteiger partial charge in [-0.1, -0.05) is 12.1 Å². The van der Waals surface area contributed by atoms with Crippen LogP contribution in [-0.2, 0) is 4.74 Å². The Morgan fingerprint density at radius 2 is 2.42 bits per heavy atom. The van der Waals surface area contributed by atoms with Crippen LogP contribution < -0.4 is 5.32 Å². The second-order valence-corrected chi connectivity index (χ2v) is 5.78. The monoisotopic (exact) mass is 285 g/mol. The largest absolute Gasteiger partial charge is 0.396 e. The summed E-state index contributed by atoms with van der Waals surface area (Å²) >= 11 is 1.58. The number of benzene rings is 1. The number of halogens is 1. The third-order valence-electron chi connectivity index (χ3n) is 3.31. The number of methoxy groups -OCH3 is 1. The van der Waals surface area contributed by atoms with E-state index in [4.69, 9.17) is 9.84 Å². The molecular formula is C14H20FNO2S. The average Bonchev–Trinajstić information content (AvgIpc) is 2.40. The molecule has 19 heavy (non-hydrogen) atoms. The van der Waals surface area contributed by atoms with Crippen molar-refractivity contribution in [2.45, 2.75) is 29.8 Å². The molecule has 0 saturated heterocycles. The minimum absolute atomic E-state index is 0.0965. The Bertz CT molecular complexity index is 410. The van der Waals surface area contributed by atoms with Gasteiger partial charge in [0.2, 0.25) is 0 Å². The maximum Gasteiger partial charge on any atom is 0.137 e. The lowest BCUT2D eigenvalue weighted by atomic mass is 10.0. The normalized spacial score (nSPS) is 20.1. The molecule has 0 radical (unpaired) electrons. The molecule has 0 fully saturated rings. The van der Waals surface area contributed by atoms with Crippen LogP contribution in [0, 0.1) is 5.82 Å². The van der Waals surface area contributed by atoms with Gasteiger partial charge in [-0.3, -0.25) is 0 Å². The summed E-state index contributed by atoms with van der Waals surface area (Å²) in [6.07, 6.45) is 1.61. The molecule has 3 nitrogen and oxygen atoms in total. The standard InChI is InChI=1S/C14H20FNO2S/c1-18-9-10(5-7-17)16-13-6-8-19-14-11(13)3-2-4-12(14)15/h2-4,10,13,16-17H,5-9H2,1H3. The number of fused-ring (bicyclic) bond motifs is 1. The van der Waals surface area contributed by atoms with Gasteiger partial charge in [0.1, 0.15) is 5.82 Å². The molecular weight excluding hydrogens is 265 g/mol. The van der Waals surface area contributed by atoms with Gasteiger partial charge in [-0.25, -0.2) is 4.39 Å². The fraction of sp³-hybridized carbons (Fsp3) is 0.571. The summed E-state index contributed by atoms with van der Waals surface area (Å²) in [6, 6.07) is 5.48. The summed E-state index contributed by atoms with van der Waals surface area (Å²) in [5.74, 6) is 0.768. The van der Waals surface area contributed by atoms with Gasteiger partial charge in [0.15, 0.2) is 0 Å². The van der Waals surface area contributed by atoms with Crippen LogP contribution in [0.15, 0.2) is 23.1 Å². The fourth-order valence-corrected chi connectivity index (χ4v) is 3.56. The topological polar surface area (TPSA) is 41.5 Å². The van der Waals surface area contributed by atoms with E-state index in [-0.39, 0.29) is 24.5 Å². The van der Waals surface area contributed by atoms with E-state index in [9.17, 15) is 4.39 Å². The second kappa shape index (κ2) is 7.24. The number of aliphatic hydroxyl groups is 1. The van der Waals surface area contributed by atoms with Crippen LogP contribution in [0.2, 0.25) is 0 Å². The maximum absolute atomic E-state index is 13.8. The van der Waals surface area contributed by atoms with Crippen LogP contribution in [0.4, 0.5) is 4.39 Å². The van der Waals surface area contributed by atoms with Gasteiger partial charge in [-0.05, 0) is 30.2 Å². The third kappa shape index (κ3) is 3.69. The Morgan fingerprint density at radius 3 is 3.16 bits per heavy atom. The summed E-state index contributed by atoms with van der Waals surface area (Å²) in [5.41, 5.74) is 1.02. The molecule has 2 atom stereocenters. The number of thioether (sulfide) groups is 1. The van der Waals surface area contributed by atoms with Gasteiger partial charge in [-0.2, -0.15) is 0 Å². The zero-order valence-corrected chi connectivity index (χ0v) is 11.9. The van der Waals surface area contributed by atoms with E-state index >= 15 is 0 Å². The van der Waals surface area contributed by atoms with Gasteiger partial charge in [0.05, 0.1) is 6.61 Å². The molecule has 1 aliphatic rings. The molecule has 1 heterocycles. The fourth-order valence-electron chi connectivity index (χ4n) is 2.42. The van der Waals surface area contributed by atoms with Crippen LogP contribution in [-0.4, -0.2) is 37.2 Å². The molecule has 0 saturated carbocycles. The smallest absolute Gasteiger partial charge is 0.137 e. The first-order valence-electron chi connectivity index (χ1n) is 6.53. The quantitative estimate of drug-likeness (QED) is 0.842. The third-order valence-corrected chi connectivity index (χ3v) is 4.47. The highest BCUT2D eigenvalue weighted by Crippen LogP contribution is 2.37. The second-order valence-electron chi connectivity index (χ2n) is 4.68. The number of rotatable bonds is 6. The lowest BCUT2D eigenvalue weighted by molar-refractivity contribution is 0.141. The molecule has 0 amide bonds. The average molecular weight is 285 g/mol. The van der Waals surface area contributed by atoms with Crippen molar-refractivity contribution in [2.75, 3.05) is 26.1 Å². The van der Waals surface area contributed by atoms with Crippen LogP contribution in [0.25, 0.3) is 0 Å². The Hall–Kier alpha value is -0.620. The van der Waals surface area contributed by atoms with Crippen molar-refractivity contribution in [3.63, 3.8) is 0 Å². The predicted molar refractivity (Wildman–Crippen MR) is 75.0 cm³/mol. The van der Waals surface area contributed by atoms with Crippen LogP contribution >= 0.6 is 11.8 Å². The van der Waals surface area contributed by atoms with Crippen molar-refractivity contribution in [3.05, 3.63) is 29.6 Å². The van der Waals surface area contributed by atoms with E-state index in [1.807, 2.05) is 6.07 Å². The minimum atomic E-state index is -0.139. The predicted octanol–water partition coefficient (Wildman–Crippen LogP) is 2.35. The molecule has 1 aromatic rings. The van der Waals surface area contributed by atoms with Gasteiger partial charge >= 0.3 is 0 Å². The first-order valence-corrected chi connectivity index (χ1v) is 7.52. The first kappa shape index (κ1) is 14.8. The lowest BCUT2D eigenvalue weighted by Crippen LogP contribution is -2.38. The summed E-state index contributed by atoms with van der Waals surface area (Å²) in [6.45, 7) is 0.674. The van der Waals surface area contributed by atoms with Crippen molar-refractivity contribution >= 4 is 11.8 Å². The highest BCUT2D eigenvalue weighted by Gasteiger charge is 2.24. The van der Waals surface area contributed by atoms with Gasteiger partial charge in [-0.15, -0.1) is 11.8 Å². The summed E-state index contributed by atoms with van der Waals surface area (Å²) in [5, 5.41) is 12.5. The van der Waals surface area contributed by atoms with Crippen molar-refractivity contribution in [3.8, 4) is 0 Å². The van der Waals surface area contributed by atoms with E-state index in [0.717, 1.165) is 22.6 Å². The SMILES string of the molecule is COCC(CCO)NC1CCSc2c(F)cccc21. The Morgan fingerprint density at radius 1 is 1.58 bits per heavy atom. The molecule has 0 spiro atoms. The molecule has 2 rings (SSSR count). The summed E-state index contributed by atoms with van der Waals surface area (Å²) in [4.78, 5) is 0.756. The molecule has 0 bridgehead atoms. The lowest BCUT2D eigenvalue weighted by Gasteiger charge is -2.30. The van der Waals surface area contributed by atoms with E-state index in [1.165, 1.54) is 6.07 Å².